The SMILES string of the molecule is CC1CN(C)CCN1C(=O)C(=O)NCC(N)=S. The molecule has 1 heterocycles. The summed E-state index contributed by atoms with van der Waals surface area (Å²) in [7, 11) is 1.99. The summed E-state index contributed by atoms with van der Waals surface area (Å²) in [6.07, 6.45) is 0. The van der Waals surface area contributed by atoms with Gasteiger partial charge in [-0.3, -0.25) is 9.59 Å². The van der Waals surface area contributed by atoms with E-state index in [1.54, 1.807) is 4.90 Å². The lowest BCUT2D eigenvalue weighted by atomic mass is 10.2. The molecule has 6 nitrogen and oxygen atoms in total. The maximum Gasteiger partial charge on any atom is 0.312 e. The molecule has 1 unspecified atom stereocenters. The highest BCUT2D eigenvalue weighted by Gasteiger charge is 2.29. The average molecular weight is 258 g/mol. The number of carbonyl (C=O) groups excluding carboxylic acids is 2. The molecule has 2 amide bonds. The summed E-state index contributed by atoms with van der Waals surface area (Å²) < 4.78 is 0. The average Bonchev–Trinajstić information content (AvgIpc) is 2.25. The van der Waals surface area contributed by atoms with Gasteiger partial charge in [0, 0.05) is 25.7 Å². The fraction of sp³-hybridized carbons (Fsp3) is 0.700. The van der Waals surface area contributed by atoms with Crippen LogP contribution in [0, 0.1) is 0 Å². The fourth-order valence-electron chi connectivity index (χ4n) is 1.81. The molecule has 0 bridgehead atoms. The second kappa shape index (κ2) is 5.92. The monoisotopic (exact) mass is 258 g/mol. The Kier molecular flexibility index (Phi) is 4.83. The third-order valence-corrected chi connectivity index (χ3v) is 2.85. The van der Waals surface area contributed by atoms with Crippen molar-refractivity contribution in [3.8, 4) is 0 Å². The summed E-state index contributed by atoms with van der Waals surface area (Å²) in [5.74, 6) is -1.16. The van der Waals surface area contributed by atoms with Gasteiger partial charge in [0.25, 0.3) is 0 Å². The van der Waals surface area contributed by atoms with Crippen LogP contribution in [-0.4, -0.2) is 65.9 Å². The van der Waals surface area contributed by atoms with E-state index in [0.29, 0.717) is 6.54 Å². The number of nitrogens with two attached hydrogens (primary N) is 1. The van der Waals surface area contributed by atoms with Crippen molar-refractivity contribution in [2.24, 2.45) is 5.73 Å². The molecule has 1 aliphatic rings. The van der Waals surface area contributed by atoms with Crippen LogP contribution in [-0.2, 0) is 9.59 Å². The van der Waals surface area contributed by atoms with Crippen molar-refractivity contribution in [2.45, 2.75) is 13.0 Å². The van der Waals surface area contributed by atoms with Crippen molar-refractivity contribution in [1.82, 2.24) is 15.1 Å². The van der Waals surface area contributed by atoms with Gasteiger partial charge in [0.05, 0.1) is 11.5 Å². The van der Waals surface area contributed by atoms with E-state index in [1.165, 1.54) is 0 Å². The maximum absolute atomic E-state index is 11.8. The Morgan fingerprint density at radius 3 is 2.65 bits per heavy atom. The van der Waals surface area contributed by atoms with Crippen molar-refractivity contribution in [1.29, 1.82) is 0 Å². The molecule has 1 saturated heterocycles. The highest BCUT2D eigenvalue weighted by molar-refractivity contribution is 7.80. The van der Waals surface area contributed by atoms with Crippen molar-refractivity contribution >= 4 is 29.0 Å². The summed E-state index contributed by atoms with van der Waals surface area (Å²) in [6, 6.07) is 0.0387. The second-order valence-corrected chi connectivity index (χ2v) is 4.78. The van der Waals surface area contributed by atoms with E-state index in [2.05, 4.69) is 22.4 Å². The highest BCUT2D eigenvalue weighted by Crippen LogP contribution is 2.07. The summed E-state index contributed by atoms with van der Waals surface area (Å²) in [5.41, 5.74) is 5.25. The first-order valence-electron chi connectivity index (χ1n) is 5.47. The number of nitrogens with one attached hydrogen (secondary N) is 1. The van der Waals surface area contributed by atoms with Crippen molar-refractivity contribution in [3.05, 3.63) is 0 Å². The van der Waals surface area contributed by atoms with Crippen molar-refractivity contribution in [3.63, 3.8) is 0 Å². The largest absolute Gasteiger partial charge is 0.392 e. The zero-order chi connectivity index (χ0) is 13.0. The smallest absolute Gasteiger partial charge is 0.312 e. The van der Waals surface area contributed by atoms with Crippen molar-refractivity contribution < 1.29 is 9.59 Å². The molecule has 3 N–H and O–H groups in total. The summed E-state index contributed by atoms with van der Waals surface area (Å²) in [4.78, 5) is 27.3. The molecular weight excluding hydrogens is 240 g/mol. The van der Waals surface area contributed by atoms with Crippen LogP contribution in [0.4, 0.5) is 0 Å². The Morgan fingerprint density at radius 1 is 1.47 bits per heavy atom. The maximum atomic E-state index is 11.8. The number of likely N-dealkylation sites (N-methyl/N-ethyl adjacent to an activating group) is 1. The molecule has 0 aromatic heterocycles. The molecular formula is C10H18N4O2S. The number of rotatable bonds is 2. The predicted molar refractivity (Wildman–Crippen MR) is 68.5 cm³/mol. The molecule has 0 saturated carbocycles. The number of thiocarbonyl (C=S) groups is 1. The molecule has 1 aliphatic heterocycles. The number of hydrogen-bond acceptors (Lipinski definition) is 4. The van der Waals surface area contributed by atoms with Gasteiger partial charge in [-0.15, -0.1) is 0 Å². The topological polar surface area (TPSA) is 78.7 Å². The Labute approximate surface area is 106 Å². The summed E-state index contributed by atoms with van der Waals surface area (Å²) >= 11 is 4.63. The van der Waals surface area contributed by atoms with Gasteiger partial charge in [0.2, 0.25) is 0 Å². The van der Waals surface area contributed by atoms with Crippen LogP contribution in [0.1, 0.15) is 6.92 Å². The highest BCUT2D eigenvalue weighted by atomic mass is 32.1. The van der Waals surface area contributed by atoms with Gasteiger partial charge in [-0.1, -0.05) is 12.2 Å². The molecule has 7 heteroatoms. The van der Waals surface area contributed by atoms with Crippen LogP contribution in [0.5, 0.6) is 0 Å². The van der Waals surface area contributed by atoms with Gasteiger partial charge in [0.1, 0.15) is 0 Å². The van der Waals surface area contributed by atoms with Gasteiger partial charge in [0.15, 0.2) is 0 Å². The van der Waals surface area contributed by atoms with Crippen LogP contribution in [0.2, 0.25) is 0 Å². The second-order valence-electron chi connectivity index (χ2n) is 4.26. The van der Waals surface area contributed by atoms with E-state index in [-0.39, 0.29) is 17.6 Å². The normalized spacial score (nSPS) is 21.1. The third kappa shape index (κ3) is 3.94. The first kappa shape index (κ1) is 13.9. The zero-order valence-electron chi connectivity index (χ0n) is 10.1. The van der Waals surface area contributed by atoms with Gasteiger partial charge in [-0.05, 0) is 14.0 Å². The van der Waals surface area contributed by atoms with E-state index in [9.17, 15) is 9.59 Å². The lowest BCUT2D eigenvalue weighted by Crippen LogP contribution is -2.56. The number of amides is 2. The molecule has 96 valence electrons. The summed E-state index contributed by atoms with van der Waals surface area (Å²) in [5, 5.41) is 2.40. The molecule has 0 spiro atoms. The van der Waals surface area contributed by atoms with E-state index in [1.807, 2.05) is 14.0 Å². The lowest BCUT2D eigenvalue weighted by Gasteiger charge is -2.37. The predicted octanol–water partition coefficient (Wildman–Crippen LogP) is -1.45. The summed E-state index contributed by atoms with van der Waals surface area (Å²) in [6.45, 7) is 4.10. The van der Waals surface area contributed by atoms with Crippen molar-refractivity contribution in [2.75, 3.05) is 33.2 Å². The van der Waals surface area contributed by atoms with E-state index < -0.39 is 11.8 Å². The lowest BCUT2D eigenvalue weighted by molar-refractivity contribution is -0.148. The van der Waals surface area contributed by atoms with Gasteiger partial charge >= 0.3 is 11.8 Å². The van der Waals surface area contributed by atoms with Crippen LogP contribution in [0.25, 0.3) is 0 Å². The number of nitrogens with zero attached hydrogens (tertiary/aromatic N) is 2. The van der Waals surface area contributed by atoms with E-state index in [0.717, 1.165) is 13.1 Å². The van der Waals surface area contributed by atoms with Gasteiger partial charge in [-0.2, -0.15) is 0 Å². The number of piperazine rings is 1. The Hall–Kier alpha value is -1.21. The zero-order valence-corrected chi connectivity index (χ0v) is 10.9. The Balaban J connectivity index is 2.51. The van der Waals surface area contributed by atoms with E-state index >= 15 is 0 Å². The minimum absolute atomic E-state index is 0.0387. The van der Waals surface area contributed by atoms with Crippen LogP contribution < -0.4 is 11.1 Å². The van der Waals surface area contributed by atoms with Crippen LogP contribution in [0.3, 0.4) is 0 Å². The molecule has 17 heavy (non-hydrogen) atoms. The molecule has 0 aromatic rings. The molecule has 1 fully saturated rings. The quantitative estimate of drug-likeness (QED) is 0.468. The molecule has 1 atom stereocenters. The first-order valence-corrected chi connectivity index (χ1v) is 5.88. The Bertz CT molecular complexity index is 334. The fourth-order valence-corrected chi connectivity index (χ4v) is 1.89. The van der Waals surface area contributed by atoms with Gasteiger partial charge in [-0.25, -0.2) is 0 Å². The van der Waals surface area contributed by atoms with Crippen LogP contribution >= 0.6 is 12.2 Å². The molecule has 0 aromatic carbocycles. The first-order chi connectivity index (χ1) is 7.91. The van der Waals surface area contributed by atoms with Crippen LogP contribution in [0.15, 0.2) is 0 Å². The number of hydrogen-bond donors (Lipinski definition) is 2. The third-order valence-electron chi connectivity index (χ3n) is 2.71. The minimum Gasteiger partial charge on any atom is -0.392 e. The molecule has 0 aliphatic carbocycles. The Morgan fingerprint density at radius 2 is 2.12 bits per heavy atom. The molecule has 0 radical (unpaired) electrons. The standard InChI is InChI=1S/C10H18N4O2S/c1-7-6-13(2)3-4-14(7)10(16)9(15)12-5-8(11)17/h7H,3-6H2,1-2H3,(H2,11,17)(H,12,15). The van der Waals surface area contributed by atoms with E-state index in [4.69, 9.17) is 5.73 Å². The minimum atomic E-state index is -0.644. The van der Waals surface area contributed by atoms with Gasteiger partial charge < -0.3 is 20.9 Å². The number of carbonyl (C=O) groups is 2. The molecule has 1 rings (SSSR count).